The van der Waals surface area contributed by atoms with Crippen LogP contribution in [0.25, 0.3) is 0 Å². The molecule has 0 fully saturated rings. The number of rotatable bonds is 0. The van der Waals surface area contributed by atoms with Gasteiger partial charge in [0.05, 0.1) is 6.61 Å². The average Bonchev–Trinajstić information content (AvgIpc) is 2.62. The summed E-state index contributed by atoms with van der Waals surface area (Å²) in [6.07, 6.45) is 1.08. The molecule has 0 spiro atoms. The van der Waals surface area contributed by atoms with Crippen LogP contribution >= 0.6 is 0 Å². The zero-order chi connectivity index (χ0) is 13.3. The Morgan fingerprint density at radius 1 is 0.882 bits per heavy atom. The van der Waals surface area contributed by atoms with Crippen LogP contribution in [0.2, 0.25) is 0 Å². The Morgan fingerprint density at radius 3 is 1.82 bits per heavy atom. The van der Waals surface area contributed by atoms with Gasteiger partial charge in [-0.3, -0.25) is 0 Å². The predicted octanol–water partition coefficient (Wildman–Crippen LogP) is 4.95. The topological polar surface area (TPSA) is 9.23 Å². The lowest BCUT2D eigenvalue weighted by Crippen LogP contribution is -1.85. The van der Waals surface area contributed by atoms with E-state index in [0.717, 1.165) is 30.6 Å². The monoisotopic (exact) mass is 236 g/mol. The van der Waals surface area contributed by atoms with Crippen LogP contribution in [-0.4, -0.2) is 6.61 Å². The van der Waals surface area contributed by atoms with Gasteiger partial charge in [0.2, 0.25) is 0 Å². The van der Waals surface area contributed by atoms with Crippen molar-refractivity contribution in [1.82, 2.24) is 0 Å². The molecule has 0 saturated carbocycles. The highest BCUT2D eigenvalue weighted by atomic mass is 16.5. The van der Waals surface area contributed by atoms with Crippen LogP contribution in [0.5, 0.6) is 5.75 Å². The molecule has 0 unspecified atom stereocenters. The molecule has 0 amide bonds. The van der Waals surface area contributed by atoms with Gasteiger partial charge >= 0.3 is 0 Å². The van der Waals surface area contributed by atoms with Crippen molar-refractivity contribution in [1.29, 1.82) is 0 Å². The molecular formula is C16H28O. The molecule has 0 bridgehead atoms. The summed E-state index contributed by atoms with van der Waals surface area (Å²) < 4.78 is 5.30. The van der Waals surface area contributed by atoms with Crippen molar-refractivity contribution >= 4 is 0 Å². The molecule has 1 nitrogen and oxygen atoms in total. The fraction of sp³-hybridized carbons (Fsp3) is 0.625. The molecule has 98 valence electrons. The third kappa shape index (κ3) is 9.92. The maximum atomic E-state index is 5.30. The van der Waals surface area contributed by atoms with Crippen molar-refractivity contribution in [2.24, 2.45) is 11.8 Å². The van der Waals surface area contributed by atoms with E-state index in [2.05, 4.69) is 47.6 Å². The van der Waals surface area contributed by atoms with Crippen LogP contribution in [-0.2, 0) is 6.42 Å². The highest BCUT2D eigenvalue weighted by Gasteiger charge is 2.08. The SMILES string of the molecule is CC(C)C.CC(C)C.c1ccc2c(c1)CCO2. The van der Waals surface area contributed by atoms with Crippen molar-refractivity contribution in [3.05, 3.63) is 29.8 Å². The van der Waals surface area contributed by atoms with E-state index < -0.39 is 0 Å². The van der Waals surface area contributed by atoms with Gasteiger partial charge in [-0.1, -0.05) is 59.7 Å². The van der Waals surface area contributed by atoms with Gasteiger partial charge in [-0.05, 0) is 23.5 Å². The Bertz CT molecular complexity index is 255. The van der Waals surface area contributed by atoms with Crippen LogP contribution in [0.15, 0.2) is 24.3 Å². The standard InChI is InChI=1S/C8H8O.2C4H10/c1-2-4-8-7(3-1)5-6-9-8;2*1-4(2)3/h1-4H,5-6H2;2*4H,1-3H3. The summed E-state index contributed by atoms with van der Waals surface area (Å²) in [5.41, 5.74) is 1.34. The molecule has 0 atom stereocenters. The second-order valence-electron chi connectivity index (χ2n) is 5.67. The summed E-state index contributed by atoms with van der Waals surface area (Å²) in [6, 6.07) is 8.18. The Morgan fingerprint density at radius 2 is 1.35 bits per heavy atom. The molecule has 0 N–H and O–H groups in total. The van der Waals surface area contributed by atoms with Crippen LogP contribution < -0.4 is 4.74 Å². The van der Waals surface area contributed by atoms with Crippen LogP contribution in [0.4, 0.5) is 0 Å². The molecule has 0 radical (unpaired) electrons. The molecule has 0 saturated heterocycles. The molecule has 1 heteroatoms. The minimum atomic E-state index is 0.833. The van der Waals surface area contributed by atoms with E-state index in [-0.39, 0.29) is 0 Å². The lowest BCUT2D eigenvalue weighted by atomic mass is 10.2. The highest BCUT2D eigenvalue weighted by Crippen LogP contribution is 2.23. The fourth-order valence-electron chi connectivity index (χ4n) is 1.12. The van der Waals surface area contributed by atoms with E-state index in [1.165, 1.54) is 5.56 Å². The second kappa shape index (κ2) is 9.09. The van der Waals surface area contributed by atoms with Crippen molar-refractivity contribution < 1.29 is 4.74 Å². The minimum Gasteiger partial charge on any atom is -0.493 e. The molecular weight excluding hydrogens is 208 g/mol. The third-order valence-corrected chi connectivity index (χ3v) is 1.60. The van der Waals surface area contributed by atoms with E-state index in [1.54, 1.807) is 0 Å². The van der Waals surface area contributed by atoms with Crippen molar-refractivity contribution in [3.63, 3.8) is 0 Å². The molecule has 1 aliphatic heterocycles. The quantitative estimate of drug-likeness (QED) is 0.619. The van der Waals surface area contributed by atoms with Gasteiger partial charge in [-0.2, -0.15) is 0 Å². The first-order valence-electron chi connectivity index (χ1n) is 6.64. The molecule has 17 heavy (non-hydrogen) atoms. The highest BCUT2D eigenvalue weighted by molar-refractivity contribution is 5.35. The number of ether oxygens (including phenoxy) is 1. The molecule has 2 rings (SSSR count). The van der Waals surface area contributed by atoms with E-state index in [4.69, 9.17) is 4.74 Å². The number of fused-ring (bicyclic) bond motifs is 1. The van der Waals surface area contributed by atoms with E-state index in [9.17, 15) is 0 Å². The maximum absolute atomic E-state index is 5.30. The summed E-state index contributed by atoms with van der Waals surface area (Å²) >= 11 is 0. The fourth-order valence-corrected chi connectivity index (χ4v) is 1.12. The number of para-hydroxylation sites is 1. The Labute approximate surface area is 107 Å². The van der Waals surface area contributed by atoms with E-state index in [0.29, 0.717) is 0 Å². The summed E-state index contributed by atoms with van der Waals surface area (Å²) in [5.74, 6) is 2.73. The molecule has 1 heterocycles. The zero-order valence-corrected chi connectivity index (χ0v) is 12.3. The number of hydrogen-bond acceptors (Lipinski definition) is 1. The van der Waals surface area contributed by atoms with Crippen LogP contribution in [0.1, 0.15) is 47.1 Å². The lowest BCUT2D eigenvalue weighted by Gasteiger charge is -1.93. The Balaban J connectivity index is 0.000000274. The van der Waals surface area contributed by atoms with E-state index in [1.807, 2.05) is 18.2 Å². The minimum absolute atomic E-state index is 0.833. The second-order valence-corrected chi connectivity index (χ2v) is 5.67. The van der Waals surface area contributed by atoms with Gasteiger partial charge in [0.25, 0.3) is 0 Å². The van der Waals surface area contributed by atoms with Crippen molar-refractivity contribution in [2.45, 2.75) is 48.0 Å². The summed E-state index contributed by atoms with van der Waals surface area (Å²) in [5, 5.41) is 0. The first kappa shape index (κ1) is 16.0. The van der Waals surface area contributed by atoms with E-state index >= 15 is 0 Å². The molecule has 1 aliphatic rings. The molecule has 1 aromatic rings. The van der Waals surface area contributed by atoms with Crippen LogP contribution in [0, 0.1) is 11.8 Å². The first-order chi connectivity index (χ1) is 7.93. The van der Waals surface area contributed by atoms with Gasteiger partial charge in [0.1, 0.15) is 5.75 Å². The zero-order valence-electron chi connectivity index (χ0n) is 12.3. The molecule has 1 aromatic carbocycles. The van der Waals surface area contributed by atoms with Crippen molar-refractivity contribution in [2.75, 3.05) is 6.61 Å². The summed E-state index contributed by atoms with van der Waals surface area (Å²) in [7, 11) is 0. The van der Waals surface area contributed by atoms with Crippen molar-refractivity contribution in [3.8, 4) is 5.75 Å². The maximum Gasteiger partial charge on any atom is 0.122 e. The Hall–Kier alpha value is -0.980. The Kier molecular flexibility index (Phi) is 8.57. The van der Waals surface area contributed by atoms with Gasteiger partial charge in [-0.15, -0.1) is 0 Å². The predicted molar refractivity (Wildman–Crippen MR) is 76.7 cm³/mol. The average molecular weight is 236 g/mol. The largest absolute Gasteiger partial charge is 0.493 e. The third-order valence-electron chi connectivity index (χ3n) is 1.60. The summed E-state index contributed by atoms with van der Waals surface area (Å²) in [4.78, 5) is 0. The van der Waals surface area contributed by atoms with Gasteiger partial charge in [0, 0.05) is 6.42 Å². The number of hydrogen-bond donors (Lipinski definition) is 0. The molecule has 0 aliphatic carbocycles. The van der Waals surface area contributed by atoms with Crippen LogP contribution in [0.3, 0.4) is 0 Å². The van der Waals surface area contributed by atoms with Gasteiger partial charge < -0.3 is 4.74 Å². The summed E-state index contributed by atoms with van der Waals surface area (Å²) in [6.45, 7) is 13.9. The van der Waals surface area contributed by atoms with Gasteiger partial charge in [-0.25, -0.2) is 0 Å². The normalized spacial score (nSPS) is 12.0. The lowest BCUT2D eigenvalue weighted by molar-refractivity contribution is 0.357. The smallest absolute Gasteiger partial charge is 0.122 e. The molecule has 0 aromatic heterocycles. The number of benzene rings is 1. The first-order valence-corrected chi connectivity index (χ1v) is 6.64. The van der Waals surface area contributed by atoms with Gasteiger partial charge in [0.15, 0.2) is 0 Å².